The van der Waals surface area contributed by atoms with E-state index in [0.717, 1.165) is 4.90 Å². The van der Waals surface area contributed by atoms with Crippen LogP contribution < -0.4 is 5.11 Å². The van der Waals surface area contributed by atoms with Gasteiger partial charge in [0, 0.05) is 18.9 Å². The summed E-state index contributed by atoms with van der Waals surface area (Å²) in [6.45, 7) is 4.40. The maximum Gasteiger partial charge on any atom is 0.412 e. The molecule has 1 N–H and O–H groups in total. The third-order valence-electron chi connectivity index (χ3n) is 2.77. The van der Waals surface area contributed by atoms with E-state index in [1.807, 2.05) is 0 Å². The summed E-state index contributed by atoms with van der Waals surface area (Å²) in [5.74, 6) is -1.27. The Balaban J connectivity index is 2.80. The fraction of sp³-hybridized carbons (Fsp3) is 0.778. The molecule has 0 radical (unpaired) electrons. The van der Waals surface area contributed by atoms with Crippen LogP contribution in [0.2, 0.25) is 0 Å². The highest BCUT2D eigenvalue weighted by atomic mass is 16.6. The van der Waals surface area contributed by atoms with E-state index in [0.29, 0.717) is 0 Å². The van der Waals surface area contributed by atoms with Crippen LogP contribution >= 0.6 is 0 Å². The molecule has 0 saturated carbocycles. The lowest BCUT2D eigenvalue weighted by molar-refractivity contribution is -0.306. The normalized spacial score (nSPS) is 29.1. The molecule has 0 bridgehead atoms. The Morgan fingerprint density at radius 2 is 2.07 bits per heavy atom. The highest BCUT2D eigenvalue weighted by molar-refractivity contribution is 5.73. The molecule has 0 aliphatic carbocycles. The number of carbonyl (C=O) groups excluding carboxylic acids is 2. The van der Waals surface area contributed by atoms with Gasteiger partial charge in [-0.2, -0.15) is 0 Å². The summed E-state index contributed by atoms with van der Waals surface area (Å²) in [6.07, 6.45) is -1.05. The van der Waals surface area contributed by atoms with Crippen LogP contribution in [0, 0.1) is 0 Å². The van der Waals surface area contributed by atoms with Crippen molar-refractivity contribution in [1.82, 2.24) is 4.90 Å². The van der Waals surface area contributed by atoms with Crippen LogP contribution in [0.4, 0.5) is 4.79 Å². The van der Waals surface area contributed by atoms with Gasteiger partial charge in [0.1, 0.15) is 0 Å². The lowest BCUT2D eigenvalue weighted by atomic mass is 9.96. The topological polar surface area (TPSA) is 89.9 Å². The van der Waals surface area contributed by atoms with Crippen LogP contribution in [0.1, 0.15) is 27.2 Å². The van der Waals surface area contributed by atoms with E-state index in [1.54, 1.807) is 13.8 Å². The fourth-order valence-corrected chi connectivity index (χ4v) is 1.38. The summed E-state index contributed by atoms with van der Waals surface area (Å²) in [7, 11) is 0. The molecule has 86 valence electrons. The smallest absolute Gasteiger partial charge is 0.412 e. The molecule has 1 atom stereocenters. The van der Waals surface area contributed by atoms with Gasteiger partial charge in [0.2, 0.25) is 0 Å². The zero-order valence-corrected chi connectivity index (χ0v) is 8.94. The second kappa shape index (κ2) is 3.37. The van der Waals surface area contributed by atoms with Gasteiger partial charge in [-0.15, -0.1) is 0 Å². The second-order valence-corrected chi connectivity index (χ2v) is 4.17. The van der Waals surface area contributed by atoms with Gasteiger partial charge in [0.25, 0.3) is 0 Å². The Morgan fingerprint density at radius 1 is 1.53 bits per heavy atom. The van der Waals surface area contributed by atoms with Crippen molar-refractivity contribution in [3.8, 4) is 0 Å². The number of hydrogen-bond acceptors (Lipinski definition) is 5. The standard InChI is InChI=1S/C9H15NO5/c1-8(2)9(3,14)10(7(13)15-8)5-4-6(11)12/h14H,4-5H2,1-3H3,(H,11,12)/p-1. The number of amides is 1. The van der Waals surface area contributed by atoms with Crippen molar-refractivity contribution in [3.05, 3.63) is 0 Å². The van der Waals surface area contributed by atoms with E-state index in [1.165, 1.54) is 6.92 Å². The van der Waals surface area contributed by atoms with E-state index in [4.69, 9.17) is 4.74 Å². The molecule has 1 rings (SSSR count). The van der Waals surface area contributed by atoms with Gasteiger partial charge in [-0.1, -0.05) is 0 Å². The summed E-state index contributed by atoms with van der Waals surface area (Å²) in [5.41, 5.74) is -2.57. The Hall–Kier alpha value is -1.30. The van der Waals surface area contributed by atoms with Gasteiger partial charge in [0.15, 0.2) is 11.3 Å². The average Bonchev–Trinajstić information content (AvgIpc) is 2.15. The molecular formula is C9H14NO5-. The van der Waals surface area contributed by atoms with Gasteiger partial charge in [-0.3, -0.25) is 4.90 Å². The summed E-state index contributed by atoms with van der Waals surface area (Å²) in [6, 6.07) is 0. The van der Waals surface area contributed by atoms with Crippen LogP contribution in [-0.4, -0.2) is 39.9 Å². The molecule has 15 heavy (non-hydrogen) atoms. The first-order valence-electron chi connectivity index (χ1n) is 4.61. The molecule has 1 fully saturated rings. The maximum atomic E-state index is 11.3. The molecule has 1 aliphatic rings. The number of ether oxygens (including phenoxy) is 1. The molecule has 1 amide bonds. The molecule has 0 aromatic heterocycles. The van der Waals surface area contributed by atoms with Crippen molar-refractivity contribution >= 4 is 12.1 Å². The first-order chi connectivity index (χ1) is 6.68. The van der Waals surface area contributed by atoms with Crippen LogP contribution in [0.15, 0.2) is 0 Å². The van der Waals surface area contributed by atoms with E-state index in [9.17, 15) is 19.8 Å². The van der Waals surface area contributed by atoms with Gasteiger partial charge in [0.05, 0.1) is 0 Å². The third-order valence-corrected chi connectivity index (χ3v) is 2.77. The molecule has 6 nitrogen and oxygen atoms in total. The van der Waals surface area contributed by atoms with Gasteiger partial charge >= 0.3 is 6.09 Å². The van der Waals surface area contributed by atoms with Gasteiger partial charge in [-0.05, 0) is 20.8 Å². The number of cyclic esters (lactones) is 1. The maximum absolute atomic E-state index is 11.3. The minimum atomic E-state index is -1.51. The second-order valence-electron chi connectivity index (χ2n) is 4.17. The molecule has 1 aliphatic heterocycles. The van der Waals surface area contributed by atoms with E-state index < -0.39 is 23.4 Å². The zero-order valence-electron chi connectivity index (χ0n) is 8.94. The third kappa shape index (κ3) is 1.90. The number of aliphatic hydroxyl groups is 1. The van der Waals surface area contributed by atoms with Crippen molar-refractivity contribution in [3.63, 3.8) is 0 Å². The van der Waals surface area contributed by atoms with Gasteiger partial charge in [-0.25, -0.2) is 4.79 Å². The van der Waals surface area contributed by atoms with Crippen LogP contribution in [0.5, 0.6) is 0 Å². The fourth-order valence-electron chi connectivity index (χ4n) is 1.38. The average molecular weight is 216 g/mol. The number of hydrogen-bond donors (Lipinski definition) is 1. The van der Waals surface area contributed by atoms with Crippen LogP contribution in [0.3, 0.4) is 0 Å². The van der Waals surface area contributed by atoms with E-state index in [2.05, 4.69) is 0 Å². The van der Waals surface area contributed by atoms with E-state index in [-0.39, 0.29) is 13.0 Å². The number of carbonyl (C=O) groups is 2. The van der Waals surface area contributed by atoms with Crippen molar-refractivity contribution in [2.24, 2.45) is 0 Å². The zero-order chi connectivity index (χ0) is 11.9. The first-order valence-corrected chi connectivity index (χ1v) is 4.61. The summed E-state index contributed by atoms with van der Waals surface area (Å²) >= 11 is 0. The van der Waals surface area contributed by atoms with Crippen molar-refractivity contribution in [2.45, 2.75) is 38.5 Å². The Kier molecular flexibility index (Phi) is 2.65. The van der Waals surface area contributed by atoms with Gasteiger partial charge < -0.3 is 19.7 Å². The SMILES string of the molecule is CC1(C)OC(=O)N(CCC(=O)[O-])C1(C)O. The minimum absolute atomic E-state index is 0.127. The molecular weight excluding hydrogens is 202 g/mol. The lowest BCUT2D eigenvalue weighted by Crippen LogP contribution is -2.54. The Bertz CT molecular complexity index is 297. The summed E-state index contributed by atoms with van der Waals surface area (Å²) < 4.78 is 4.93. The summed E-state index contributed by atoms with van der Waals surface area (Å²) in [4.78, 5) is 22.6. The minimum Gasteiger partial charge on any atom is -0.550 e. The quantitative estimate of drug-likeness (QED) is 0.658. The van der Waals surface area contributed by atoms with Crippen LogP contribution in [-0.2, 0) is 9.53 Å². The molecule has 1 saturated heterocycles. The molecule has 1 heterocycles. The highest BCUT2D eigenvalue weighted by Gasteiger charge is 2.56. The number of aliphatic carboxylic acids is 1. The number of rotatable bonds is 3. The molecule has 0 aromatic carbocycles. The molecule has 1 unspecified atom stereocenters. The molecule has 0 spiro atoms. The van der Waals surface area contributed by atoms with Crippen molar-refractivity contribution in [1.29, 1.82) is 0 Å². The Morgan fingerprint density at radius 3 is 2.40 bits per heavy atom. The Labute approximate surface area is 87.4 Å². The highest BCUT2D eigenvalue weighted by Crippen LogP contribution is 2.36. The number of carboxylic acid groups (broad SMARTS) is 1. The predicted octanol–water partition coefficient (Wildman–Crippen LogP) is -0.934. The predicted molar refractivity (Wildman–Crippen MR) is 47.5 cm³/mol. The monoisotopic (exact) mass is 216 g/mol. The first kappa shape index (κ1) is 11.8. The lowest BCUT2D eigenvalue weighted by Gasteiger charge is -2.34. The molecule has 6 heteroatoms. The molecule has 0 aromatic rings. The largest absolute Gasteiger partial charge is 0.550 e. The van der Waals surface area contributed by atoms with E-state index >= 15 is 0 Å². The number of carboxylic acids is 1. The van der Waals surface area contributed by atoms with Crippen molar-refractivity contribution in [2.75, 3.05) is 6.54 Å². The van der Waals surface area contributed by atoms with Crippen LogP contribution in [0.25, 0.3) is 0 Å². The number of nitrogens with zero attached hydrogens (tertiary/aromatic N) is 1. The van der Waals surface area contributed by atoms with Crippen molar-refractivity contribution < 1.29 is 24.5 Å². The summed E-state index contributed by atoms with van der Waals surface area (Å²) in [5, 5.41) is 20.3.